The molecule has 1 fully saturated rings. The van der Waals surface area contributed by atoms with Gasteiger partial charge >= 0.3 is 5.97 Å². The molecule has 2 aromatic rings. The summed E-state index contributed by atoms with van der Waals surface area (Å²) in [5.74, 6) is 2.16. The number of ether oxygens (including phenoxy) is 2. The van der Waals surface area contributed by atoms with E-state index in [1.807, 2.05) is 13.8 Å². The molecule has 3 heterocycles. The van der Waals surface area contributed by atoms with Crippen molar-refractivity contribution in [1.29, 1.82) is 0 Å². The van der Waals surface area contributed by atoms with Crippen LogP contribution in [0.3, 0.4) is 0 Å². The van der Waals surface area contributed by atoms with Gasteiger partial charge in [-0.15, -0.1) is 6.42 Å². The number of esters is 1. The van der Waals surface area contributed by atoms with E-state index in [2.05, 4.69) is 15.9 Å². The molecule has 8 nitrogen and oxygen atoms in total. The van der Waals surface area contributed by atoms with E-state index in [-0.39, 0.29) is 36.0 Å². The van der Waals surface area contributed by atoms with E-state index in [0.717, 1.165) is 0 Å². The summed E-state index contributed by atoms with van der Waals surface area (Å²) in [6.07, 6.45) is 7.26. The number of nitrogens with two attached hydrogens (primary N) is 1. The Bertz CT molecular complexity index is 921. The van der Waals surface area contributed by atoms with Gasteiger partial charge in [-0.2, -0.15) is 4.98 Å². The van der Waals surface area contributed by atoms with Gasteiger partial charge in [0.2, 0.25) is 5.28 Å². The van der Waals surface area contributed by atoms with Crippen LogP contribution in [0.4, 0.5) is 5.82 Å². The number of hydrogen-bond donors (Lipinski definition) is 2. The van der Waals surface area contributed by atoms with Crippen LogP contribution in [0, 0.1) is 18.3 Å². The van der Waals surface area contributed by atoms with Crippen molar-refractivity contribution in [1.82, 2.24) is 14.5 Å². The van der Waals surface area contributed by atoms with E-state index < -0.39 is 17.9 Å². The Labute approximate surface area is 168 Å². The zero-order valence-electron chi connectivity index (χ0n) is 15.8. The lowest BCUT2D eigenvalue weighted by Gasteiger charge is -2.27. The maximum absolute atomic E-state index is 12.2. The van der Waals surface area contributed by atoms with Crippen molar-refractivity contribution in [3.63, 3.8) is 0 Å². The number of fused-ring (bicyclic) bond motifs is 1. The summed E-state index contributed by atoms with van der Waals surface area (Å²) in [6.45, 7) is 3.60. The van der Waals surface area contributed by atoms with Gasteiger partial charge in [0, 0.05) is 12.6 Å². The number of hydrogen-bond acceptors (Lipinski definition) is 7. The molecule has 0 spiro atoms. The van der Waals surface area contributed by atoms with Crippen LogP contribution in [-0.4, -0.2) is 43.9 Å². The van der Waals surface area contributed by atoms with E-state index in [0.29, 0.717) is 23.9 Å². The fourth-order valence-corrected chi connectivity index (χ4v) is 3.57. The van der Waals surface area contributed by atoms with Crippen LogP contribution in [0.1, 0.15) is 39.3 Å². The molecular weight excluding hydrogens is 384 g/mol. The average molecular weight is 407 g/mol. The molecule has 150 valence electrons. The minimum atomic E-state index is -1.44. The number of aliphatic hydroxyl groups is 1. The average Bonchev–Trinajstić information content (AvgIpc) is 3.22. The number of carbonyl (C=O) groups excluding carboxylic acids is 1. The van der Waals surface area contributed by atoms with Crippen molar-refractivity contribution < 1.29 is 19.4 Å². The second-order valence-electron chi connectivity index (χ2n) is 6.82. The van der Waals surface area contributed by atoms with Crippen molar-refractivity contribution in [2.24, 2.45) is 5.92 Å². The highest BCUT2D eigenvalue weighted by Crippen LogP contribution is 2.39. The van der Waals surface area contributed by atoms with Crippen molar-refractivity contribution in [3.05, 3.63) is 17.5 Å². The lowest BCUT2D eigenvalue weighted by Crippen LogP contribution is -2.43. The fraction of sp³-hybridized carbons (Fsp3) is 0.526. The number of halogens is 1. The summed E-state index contributed by atoms with van der Waals surface area (Å²) >= 11 is 5.92. The Hall–Kier alpha value is -2.34. The van der Waals surface area contributed by atoms with E-state index in [9.17, 15) is 9.90 Å². The lowest BCUT2D eigenvalue weighted by atomic mass is 9.98. The van der Waals surface area contributed by atoms with Crippen LogP contribution in [0.5, 0.6) is 0 Å². The number of nitrogens with zero attached hydrogens (tertiary/aromatic N) is 3. The molecule has 0 amide bonds. The standard InChI is InChI=1S/C19H23ClN4O4/c1-4-11(5-2)17(26)27-10-19(6-3)13(25)9-14(28-19)24-8-7-12-15(21)22-18(20)23-16(12)24/h3,7-8,11,13-14,25H,4-5,9-10H2,1-2H3,(H2,21,22,23)/t13-,14+,19+/m0/s1. The van der Waals surface area contributed by atoms with Gasteiger partial charge in [-0.05, 0) is 30.5 Å². The molecule has 9 heteroatoms. The molecule has 3 rings (SSSR count). The molecule has 2 aromatic heterocycles. The van der Waals surface area contributed by atoms with E-state index in [4.69, 9.17) is 33.2 Å². The number of rotatable bonds is 6. The summed E-state index contributed by atoms with van der Waals surface area (Å²) in [5, 5.41) is 11.2. The summed E-state index contributed by atoms with van der Waals surface area (Å²) in [5.41, 5.74) is 4.91. The van der Waals surface area contributed by atoms with Gasteiger partial charge in [-0.3, -0.25) is 4.79 Å². The summed E-state index contributed by atoms with van der Waals surface area (Å²) < 4.78 is 13.1. The summed E-state index contributed by atoms with van der Waals surface area (Å²) in [4.78, 5) is 20.3. The molecule has 1 saturated heterocycles. The molecule has 3 N–H and O–H groups in total. The zero-order valence-corrected chi connectivity index (χ0v) is 16.5. The van der Waals surface area contributed by atoms with Crippen LogP contribution in [0.15, 0.2) is 12.3 Å². The number of anilines is 1. The quantitative estimate of drug-likeness (QED) is 0.430. The number of aliphatic hydroxyl groups excluding tert-OH is 1. The molecular formula is C19H23ClN4O4. The highest BCUT2D eigenvalue weighted by molar-refractivity contribution is 6.28. The van der Waals surface area contributed by atoms with Crippen LogP contribution in [-0.2, 0) is 14.3 Å². The first kappa shape index (κ1) is 20.4. The number of terminal acetylenes is 1. The van der Waals surface area contributed by atoms with E-state index in [1.165, 1.54) is 0 Å². The monoisotopic (exact) mass is 406 g/mol. The molecule has 0 aromatic carbocycles. The van der Waals surface area contributed by atoms with Crippen LogP contribution in [0.25, 0.3) is 11.0 Å². The van der Waals surface area contributed by atoms with Gasteiger partial charge in [0.05, 0.1) is 11.3 Å². The number of aromatic nitrogens is 3. The smallest absolute Gasteiger partial charge is 0.309 e. The SMILES string of the molecule is C#C[C@]1(COC(=O)C(CC)CC)O[C@@H](n2ccc3c(N)nc(Cl)nc32)C[C@@H]1O. The van der Waals surface area contributed by atoms with Gasteiger partial charge in [0.25, 0.3) is 0 Å². The van der Waals surface area contributed by atoms with Crippen molar-refractivity contribution >= 4 is 34.4 Å². The Morgan fingerprint density at radius 1 is 1.57 bits per heavy atom. The Morgan fingerprint density at radius 3 is 2.93 bits per heavy atom. The third-order valence-corrected chi connectivity index (χ3v) is 5.36. The van der Waals surface area contributed by atoms with Crippen molar-refractivity contribution in [2.45, 2.75) is 51.0 Å². The van der Waals surface area contributed by atoms with Gasteiger partial charge in [-0.1, -0.05) is 19.8 Å². The number of carbonyl (C=O) groups is 1. The minimum Gasteiger partial charge on any atom is -0.461 e. The molecule has 1 aliphatic rings. The third kappa shape index (κ3) is 3.53. The van der Waals surface area contributed by atoms with Crippen LogP contribution >= 0.6 is 11.6 Å². The summed E-state index contributed by atoms with van der Waals surface area (Å²) in [7, 11) is 0. The molecule has 28 heavy (non-hydrogen) atoms. The second kappa shape index (κ2) is 7.95. The first-order valence-corrected chi connectivity index (χ1v) is 9.52. The molecule has 0 saturated carbocycles. The number of nitrogen functional groups attached to an aromatic ring is 1. The Balaban J connectivity index is 1.83. The minimum absolute atomic E-state index is 0.00538. The van der Waals surface area contributed by atoms with E-state index in [1.54, 1.807) is 16.8 Å². The highest BCUT2D eigenvalue weighted by atomic mass is 35.5. The highest BCUT2D eigenvalue weighted by Gasteiger charge is 2.49. The predicted octanol–water partition coefficient (Wildman–Crippen LogP) is 2.30. The second-order valence-corrected chi connectivity index (χ2v) is 7.16. The first-order valence-electron chi connectivity index (χ1n) is 9.15. The topological polar surface area (TPSA) is 112 Å². The fourth-order valence-electron chi connectivity index (χ4n) is 3.40. The largest absolute Gasteiger partial charge is 0.461 e. The molecule has 0 unspecified atom stereocenters. The molecule has 3 atom stereocenters. The van der Waals surface area contributed by atoms with Crippen LogP contribution < -0.4 is 5.73 Å². The Morgan fingerprint density at radius 2 is 2.29 bits per heavy atom. The maximum atomic E-state index is 12.2. The van der Waals surface area contributed by atoms with Gasteiger partial charge in [0.1, 0.15) is 30.4 Å². The normalized spacial score (nSPS) is 24.6. The molecule has 1 aliphatic heterocycles. The Kier molecular flexibility index (Phi) is 5.79. The third-order valence-electron chi connectivity index (χ3n) is 5.19. The van der Waals surface area contributed by atoms with Crippen molar-refractivity contribution in [2.75, 3.05) is 12.3 Å². The van der Waals surface area contributed by atoms with Gasteiger partial charge in [-0.25, -0.2) is 4.98 Å². The van der Waals surface area contributed by atoms with Crippen LogP contribution in [0.2, 0.25) is 5.28 Å². The molecule has 0 radical (unpaired) electrons. The zero-order chi connectivity index (χ0) is 20.5. The maximum Gasteiger partial charge on any atom is 0.309 e. The van der Waals surface area contributed by atoms with Gasteiger partial charge in [0.15, 0.2) is 5.60 Å². The first-order chi connectivity index (χ1) is 13.3. The van der Waals surface area contributed by atoms with E-state index >= 15 is 0 Å². The lowest BCUT2D eigenvalue weighted by molar-refractivity contribution is -0.161. The van der Waals surface area contributed by atoms with Gasteiger partial charge < -0.3 is 24.9 Å². The summed E-state index contributed by atoms with van der Waals surface area (Å²) in [6, 6.07) is 1.74. The van der Waals surface area contributed by atoms with Crippen molar-refractivity contribution in [3.8, 4) is 12.3 Å². The molecule has 0 bridgehead atoms. The molecule has 0 aliphatic carbocycles. The predicted molar refractivity (Wildman–Crippen MR) is 104 cm³/mol.